The Hall–Kier alpha value is -1.28. The smallest absolute Gasteiger partial charge is 0.244 e. The van der Waals surface area contributed by atoms with Crippen molar-refractivity contribution in [2.45, 2.75) is 94.8 Å². The number of fused-ring (bicyclic) bond motifs is 1. The van der Waals surface area contributed by atoms with Crippen LogP contribution in [0.1, 0.15) is 66.7 Å². The molecule has 3 N–H and O–H groups in total. The molecule has 0 aliphatic carbocycles. The fraction of sp³-hybridized carbons (Fsp3) is 0.870. The van der Waals surface area contributed by atoms with Crippen molar-refractivity contribution in [2.75, 3.05) is 13.2 Å². The van der Waals surface area contributed by atoms with Crippen molar-refractivity contribution in [2.24, 2.45) is 17.8 Å². The van der Waals surface area contributed by atoms with Crippen LogP contribution in [0.15, 0.2) is 0 Å². The molecule has 3 fully saturated rings. The van der Waals surface area contributed by atoms with Gasteiger partial charge in [-0.3, -0.25) is 14.4 Å². The van der Waals surface area contributed by atoms with Crippen LogP contribution in [-0.4, -0.2) is 69.0 Å². The summed E-state index contributed by atoms with van der Waals surface area (Å²) in [6.07, 6.45) is 4.26. The number of nitrogens with zero attached hydrogens (tertiary/aromatic N) is 1. The van der Waals surface area contributed by atoms with Crippen LogP contribution in [0.2, 0.25) is 0 Å². The van der Waals surface area contributed by atoms with Gasteiger partial charge in [-0.25, -0.2) is 0 Å². The number of nitrogens with one attached hydrogen (secondary N) is 2. The lowest BCUT2D eigenvalue weighted by molar-refractivity contribution is -0.143. The summed E-state index contributed by atoms with van der Waals surface area (Å²) < 4.78 is -0.589. The second-order valence-electron chi connectivity index (χ2n) is 9.78. The van der Waals surface area contributed by atoms with Gasteiger partial charge in [0.1, 0.15) is 6.04 Å². The number of hydrogen-bond donors (Lipinski definition) is 3. The molecule has 31 heavy (non-hydrogen) atoms. The molecular formula is C23H39N3O4S. The van der Waals surface area contributed by atoms with Gasteiger partial charge in [-0.05, 0) is 38.5 Å². The van der Waals surface area contributed by atoms with Crippen LogP contribution in [-0.2, 0) is 14.4 Å². The van der Waals surface area contributed by atoms with E-state index in [9.17, 15) is 19.5 Å². The fourth-order valence-corrected chi connectivity index (χ4v) is 8.07. The van der Waals surface area contributed by atoms with E-state index in [4.69, 9.17) is 0 Å². The van der Waals surface area contributed by atoms with Crippen LogP contribution in [0.3, 0.4) is 0 Å². The molecule has 3 saturated heterocycles. The topological polar surface area (TPSA) is 98.7 Å². The van der Waals surface area contributed by atoms with Crippen LogP contribution < -0.4 is 10.6 Å². The Kier molecular flexibility index (Phi) is 7.62. The fourth-order valence-electron chi connectivity index (χ4n) is 5.86. The Morgan fingerprint density at radius 3 is 2.52 bits per heavy atom. The Bertz CT molecular complexity index is 702. The normalized spacial score (nSPS) is 33.5. The molecule has 176 valence electrons. The third-order valence-electron chi connectivity index (χ3n) is 7.26. The van der Waals surface area contributed by atoms with Crippen molar-refractivity contribution >= 4 is 29.5 Å². The lowest BCUT2D eigenvalue weighted by atomic mass is 9.70. The van der Waals surface area contributed by atoms with Gasteiger partial charge < -0.3 is 20.6 Å². The van der Waals surface area contributed by atoms with Gasteiger partial charge in [-0.15, -0.1) is 11.8 Å². The van der Waals surface area contributed by atoms with Crippen LogP contribution in [0.5, 0.6) is 0 Å². The molecule has 3 aliphatic heterocycles. The summed E-state index contributed by atoms with van der Waals surface area (Å²) >= 11 is 1.68. The van der Waals surface area contributed by atoms with Crippen molar-refractivity contribution in [1.29, 1.82) is 0 Å². The van der Waals surface area contributed by atoms with Gasteiger partial charge in [0.2, 0.25) is 17.7 Å². The molecule has 0 radical (unpaired) electrons. The maximum absolute atomic E-state index is 13.8. The van der Waals surface area contributed by atoms with Gasteiger partial charge >= 0.3 is 0 Å². The van der Waals surface area contributed by atoms with Gasteiger partial charge in [0.05, 0.1) is 29.2 Å². The van der Waals surface area contributed by atoms with E-state index < -0.39 is 28.7 Å². The second kappa shape index (κ2) is 9.69. The maximum Gasteiger partial charge on any atom is 0.244 e. The molecule has 3 unspecified atom stereocenters. The van der Waals surface area contributed by atoms with E-state index in [-0.39, 0.29) is 41.5 Å². The lowest BCUT2D eigenvalue weighted by Crippen LogP contribution is -2.58. The first kappa shape index (κ1) is 24.4. The predicted octanol–water partition coefficient (Wildman–Crippen LogP) is 1.93. The van der Waals surface area contributed by atoms with Crippen molar-refractivity contribution in [3.63, 3.8) is 0 Å². The SMILES string of the molecule is CCCNC(=O)[C@@H]1[C@@H]2CCC3(S2)C(C(=O)NC(C)CCC)N([C@@H](CO)C(C)C)C(=O)[C@H]13. The Morgan fingerprint density at radius 2 is 1.94 bits per heavy atom. The van der Waals surface area contributed by atoms with Crippen molar-refractivity contribution in [3.8, 4) is 0 Å². The first-order valence-electron chi connectivity index (χ1n) is 11.9. The number of amides is 3. The molecule has 3 aliphatic rings. The van der Waals surface area contributed by atoms with E-state index in [2.05, 4.69) is 17.6 Å². The van der Waals surface area contributed by atoms with Crippen molar-refractivity contribution in [1.82, 2.24) is 15.5 Å². The standard InChI is InChI=1S/C23H39N3O4S/c1-6-8-14(5)25-21(29)19-23-10-9-16(31-23)17(20(28)24-11-7-2)18(23)22(30)26(19)15(12-27)13(3)4/h13-19,27H,6-12H2,1-5H3,(H,24,28)(H,25,29)/t14?,15-,16-,17+,18-,19?,23?/m0/s1. The summed E-state index contributed by atoms with van der Waals surface area (Å²) in [5, 5.41) is 16.3. The second-order valence-corrected chi connectivity index (χ2v) is 11.4. The highest BCUT2D eigenvalue weighted by molar-refractivity contribution is 8.02. The zero-order valence-corrected chi connectivity index (χ0v) is 20.3. The van der Waals surface area contributed by atoms with Crippen molar-refractivity contribution in [3.05, 3.63) is 0 Å². The Balaban J connectivity index is 1.99. The van der Waals surface area contributed by atoms with Crippen molar-refractivity contribution < 1.29 is 19.5 Å². The zero-order chi connectivity index (χ0) is 22.9. The number of aliphatic hydroxyl groups excluding tert-OH is 1. The zero-order valence-electron chi connectivity index (χ0n) is 19.5. The average Bonchev–Trinajstić information content (AvgIpc) is 3.34. The average molecular weight is 454 g/mol. The molecule has 8 heteroatoms. The number of hydrogen-bond acceptors (Lipinski definition) is 5. The van der Waals surface area contributed by atoms with Gasteiger partial charge in [0.15, 0.2) is 0 Å². The number of likely N-dealkylation sites (tertiary alicyclic amines) is 1. The maximum atomic E-state index is 13.8. The number of thioether (sulfide) groups is 1. The first-order valence-corrected chi connectivity index (χ1v) is 12.8. The monoisotopic (exact) mass is 453 g/mol. The Labute approximate surface area is 190 Å². The van der Waals surface area contributed by atoms with Gasteiger partial charge in [0.25, 0.3) is 0 Å². The molecule has 3 rings (SSSR count). The summed E-state index contributed by atoms with van der Waals surface area (Å²) in [6, 6.07) is -1.07. The molecule has 0 aromatic rings. The van der Waals surface area contributed by atoms with Gasteiger partial charge in [0, 0.05) is 17.8 Å². The molecule has 0 saturated carbocycles. The molecule has 1 spiro atoms. The largest absolute Gasteiger partial charge is 0.394 e. The Morgan fingerprint density at radius 1 is 1.23 bits per heavy atom. The summed E-state index contributed by atoms with van der Waals surface area (Å²) in [7, 11) is 0. The predicted molar refractivity (Wildman–Crippen MR) is 122 cm³/mol. The van der Waals surface area contributed by atoms with Crippen LogP contribution in [0.25, 0.3) is 0 Å². The van der Waals surface area contributed by atoms with E-state index in [1.165, 1.54) is 0 Å². The minimum Gasteiger partial charge on any atom is -0.394 e. The third kappa shape index (κ3) is 4.10. The first-order chi connectivity index (χ1) is 14.7. The summed E-state index contributed by atoms with van der Waals surface area (Å²) in [5.74, 6) is -1.25. The number of aliphatic hydroxyl groups is 1. The number of carbonyl (C=O) groups is 3. The molecular weight excluding hydrogens is 414 g/mol. The van der Waals surface area contributed by atoms with Gasteiger partial charge in [-0.1, -0.05) is 34.1 Å². The summed E-state index contributed by atoms with van der Waals surface area (Å²) in [4.78, 5) is 42.1. The molecule has 7 atom stereocenters. The van der Waals surface area contributed by atoms with E-state index in [0.29, 0.717) is 6.54 Å². The summed E-state index contributed by atoms with van der Waals surface area (Å²) in [6.45, 7) is 10.4. The highest BCUT2D eigenvalue weighted by atomic mass is 32.2. The lowest BCUT2D eigenvalue weighted by Gasteiger charge is -2.39. The highest BCUT2D eigenvalue weighted by Gasteiger charge is 2.74. The van der Waals surface area contributed by atoms with Crippen LogP contribution >= 0.6 is 11.8 Å². The highest BCUT2D eigenvalue weighted by Crippen LogP contribution is 2.66. The molecule has 2 bridgehead atoms. The van der Waals surface area contributed by atoms with Crippen LogP contribution in [0.4, 0.5) is 0 Å². The van der Waals surface area contributed by atoms with Crippen LogP contribution in [0, 0.1) is 17.8 Å². The number of carbonyl (C=O) groups excluding carboxylic acids is 3. The number of rotatable bonds is 10. The quantitative estimate of drug-likeness (QED) is 0.469. The van der Waals surface area contributed by atoms with Gasteiger partial charge in [-0.2, -0.15) is 0 Å². The minimum absolute atomic E-state index is 0.00195. The minimum atomic E-state index is -0.650. The van der Waals surface area contributed by atoms with E-state index in [0.717, 1.165) is 32.1 Å². The molecule has 0 aromatic carbocycles. The third-order valence-corrected chi connectivity index (χ3v) is 9.21. The molecule has 7 nitrogen and oxygen atoms in total. The summed E-state index contributed by atoms with van der Waals surface area (Å²) in [5.41, 5.74) is 0. The molecule has 0 aromatic heterocycles. The molecule has 3 amide bonds. The van der Waals surface area contributed by atoms with E-state index in [1.54, 1.807) is 16.7 Å². The molecule has 3 heterocycles. The van der Waals surface area contributed by atoms with E-state index in [1.807, 2.05) is 27.7 Å². The van der Waals surface area contributed by atoms with E-state index >= 15 is 0 Å².